The van der Waals surface area contributed by atoms with Crippen LogP contribution >= 0.6 is 0 Å². The Labute approximate surface area is 112 Å². The summed E-state index contributed by atoms with van der Waals surface area (Å²) in [4.78, 5) is 17.8. The Hall–Kier alpha value is -1.82. The number of hydrogen-bond acceptors (Lipinski definition) is 6. The van der Waals surface area contributed by atoms with Gasteiger partial charge in [-0.15, -0.1) is 0 Å². The van der Waals surface area contributed by atoms with Crippen LogP contribution in [0.4, 0.5) is 5.69 Å². The quantitative estimate of drug-likeness (QED) is 0.819. The highest BCUT2D eigenvalue weighted by Crippen LogP contribution is 2.20. The van der Waals surface area contributed by atoms with Crippen molar-refractivity contribution >= 4 is 11.7 Å². The Kier molecular flexibility index (Phi) is 4.21. The first-order valence-electron chi connectivity index (χ1n) is 6.29. The lowest BCUT2D eigenvalue weighted by molar-refractivity contribution is 0.0590. The highest BCUT2D eigenvalue weighted by Gasteiger charge is 2.19. The third-order valence-electron chi connectivity index (χ3n) is 3.17. The molecule has 0 radical (unpaired) electrons. The van der Waals surface area contributed by atoms with Crippen molar-refractivity contribution in [1.29, 1.82) is 0 Å². The fourth-order valence-electron chi connectivity index (χ4n) is 2.07. The maximum absolute atomic E-state index is 11.5. The summed E-state index contributed by atoms with van der Waals surface area (Å²) >= 11 is 0. The summed E-state index contributed by atoms with van der Waals surface area (Å²) in [6.07, 6.45) is 2.01. The molecule has 1 fully saturated rings. The zero-order valence-corrected chi connectivity index (χ0v) is 11.3. The number of anilines is 1. The van der Waals surface area contributed by atoms with Crippen LogP contribution in [-0.4, -0.2) is 49.2 Å². The van der Waals surface area contributed by atoms with Crippen LogP contribution in [0.5, 0.6) is 5.88 Å². The standard InChI is InChI=1S/C13H19N3O3/c1-16-5-3-10(4-6-16)19-12-8-9(14)7-11(15-12)13(17)18-2/h7-8,10H,3-6H2,1-2H3,(H2,14,15). The first kappa shape index (κ1) is 13.6. The van der Waals surface area contributed by atoms with E-state index in [2.05, 4.69) is 21.7 Å². The summed E-state index contributed by atoms with van der Waals surface area (Å²) in [5.41, 5.74) is 6.36. The number of nitrogens with zero attached hydrogens (tertiary/aromatic N) is 2. The molecular weight excluding hydrogens is 246 g/mol. The van der Waals surface area contributed by atoms with Gasteiger partial charge in [0, 0.05) is 24.8 Å². The van der Waals surface area contributed by atoms with Crippen molar-refractivity contribution in [3.05, 3.63) is 17.8 Å². The molecule has 0 spiro atoms. The van der Waals surface area contributed by atoms with Gasteiger partial charge in [-0.3, -0.25) is 0 Å². The number of hydrogen-bond donors (Lipinski definition) is 1. The molecule has 104 valence electrons. The fourth-order valence-corrected chi connectivity index (χ4v) is 2.07. The normalized spacial score (nSPS) is 17.2. The predicted octanol–water partition coefficient (Wildman–Crippen LogP) is 0.923. The second kappa shape index (κ2) is 5.88. The molecule has 2 N–H and O–H groups in total. The molecule has 1 aromatic heterocycles. The smallest absolute Gasteiger partial charge is 0.356 e. The van der Waals surface area contributed by atoms with Crippen molar-refractivity contribution < 1.29 is 14.3 Å². The lowest BCUT2D eigenvalue weighted by Gasteiger charge is -2.29. The van der Waals surface area contributed by atoms with Gasteiger partial charge in [0.1, 0.15) is 6.10 Å². The highest BCUT2D eigenvalue weighted by molar-refractivity contribution is 5.88. The van der Waals surface area contributed by atoms with Crippen LogP contribution in [0.25, 0.3) is 0 Å². The van der Waals surface area contributed by atoms with Crippen molar-refractivity contribution in [1.82, 2.24) is 9.88 Å². The number of esters is 1. The first-order chi connectivity index (χ1) is 9.08. The van der Waals surface area contributed by atoms with Crippen LogP contribution in [0, 0.1) is 0 Å². The molecule has 0 saturated carbocycles. The lowest BCUT2D eigenvalue weighted by atomic mass is 10.1. The summed E-state index contributed by atoms with van der Waals surface area (Å²) in [5, 5.41) is 0. The molecule has 0 aromatic carbocycles. The molecule has 1 saturated heterocycles. The minimum Gasteiger partial charge on any atom is -0.474 e. The summed E-state index contributed by atoms with van der Waals surface area (Å²) in [6.45, 7) is 1.99. The second-order valence-corrected chi connectivity index (χ2v) is 4.74. The van der Waals surface area contributed by atoms with Crippen LogP contribution in [0.1, 0.15) is 23.3 Å². The van der Waals surface area contributed by atoms with E-state index >= 15 is 0 Å². The molecule has 1 aliphatic heterocycles. The predicted molar refractivity (Wildman–Crippen MR) is 71.1 cm³/mol. The van der Waals surface area contributed by atoms with E-state index in [0.29, 0.717) is 11.6 Å². The summed E-state index contributed by atoms with van der Waals surface area (Å²) in [7, 11) is 3.40. The molecule has 0 atom stereocenters. The van der Waals surface area contributed by atoms with Crippen molar-refractivity contribution in [2.24, 2.45) is 0 Å². The minimum absolute atomic E-state index is 0.121. The molecule has 0 bridgehead atoms. The zero-order valence-electron chi connectivity index (χ0n) is 11.3. The van der Waals surface area contributed by atoms with Crippen LogP contribution in [0.2, 0.25) is 0 Å². The summed E-state index contributed by atoms with van der Waals surface area (Å²) in [6, 6.07) is 3.11. The van der Waals surface area contributed by atoms with Crippen molar-refractivity contribution in [2.75, 3.05) is 33.0 Å². The molecule has 6 heteroatoms. The molecule has 1 aliphatic rings. The van der Waals surface area contributed by atoms with Crippen LogP contribution in [-0.2, 0) is 4.74 Å². The van der Waals surface area contributed by atoms with Gasteiger partial charge in [0.05, 0.1) is 7.11 Å². The minimum atomic E-state index is -0.513. The topological polar surface area (TPSA) is 77.7 Å². The van der Waals surface area contributed by atoms with Crippen LogP contribution < -0.4 is 10.5 Å². The van der Waals surface area contributed by atoms with Gasteiger partial charge in [0.15, 0.2) is 5.69 Å². The molecule has 0 unspecified atom stereocenters. The van der Waals surface area contributed by atoms with E-state index in [1.165, 1.54) is 13.2 Å². The van der Waals surface area contributed by atoms with Crippen molar-refractivity contribution in [2.45, 2.75) is 18.9 Å². The van der Waals surface area contributed by atoms with Crippen molar-refractivity contribution in [3.63, 3.8) is 0 Å². The lowest BCUT2D eigenvalue weighted by Crippen LogP contribution is -2.35. The van der Waals surface area contributed by atoms with E-state index < -0.39 is 5.97 Å². The summed E-state index contributed by atoms with van der Waals surface area (Å²) < 4.78 is 10.4. The molecule has 6 nitrogen and oxygen atoms in total. The van der Waals surface area contributed by atoms with E-state index in [9.17, 15) is 4.79 Å². The number of aromatic nitrogens is 1. The number of carbonyl (C=O) groups is 1. The van der Waals surface area contributed by atoms with Crippen LogP contribution in [0.15, 0.2) is 12.1 Å². The molecule has 2 rings (SSSR count). The first-order valence-corrected chi connectivity index (χ1v) is 6.29. The SMILES string of the molecule is COC(=O)c1cc(N)cc(OC2CCN(C)CC2)n1. The Morgan fingerprint density at radius 3 is 2.74 bits per heavy atom. The molecule has 1 aromatic rings. The van der Waals surface area contributed by atoms with E-state index in [-0.39, 0.29) is 11.8 Å². The van der Waals surface area contributed by atoms with Gasteiger partial charge >= 0.3 is 5.97 Å². The van der Waals surface area contributed by atoms with Crippen molar-refractivity contribution in [3.8, 4) is 5.88 Å². The Morgan fingerprint density at radius 2 is 2.11 bits per heavy atom. The van der Waals surface area contributed by atoms with Gasteiger partial charge in [-0.25, -0.2) is 9.78 Å². The second-order valence-electron chi connectivity index (χ2n) is 4.74. The molecule has 2 heterocycles. The largest absolute Gasteiger partial charge is 0.474 e. The van der Waals surface area contributed by atoms with E-state index in [0.717, 1.165) is 25.9 Å². The highest BCUT2D eigenvalue weighted by atomic mass is 16.5. The van der Waals surface area contributed by atoms with Crippen LogP contribution in [0.3, 0.4) is 0 Å². The number of likely N-dealkylation sites (tertiary alicyclic amines) is 1. The zero-order chi connectivity index (χ0) is 13.8. The van der Waals surface area contributed by atoms with Gasteiger partial charge in [-0.05, 0) is 26.0 Å². The maximum Gasteiger partial charge on any atom is 0.356 e. The summed E-state index contributed by atoms with van der Waals surface area (Å²) in [5.74, 6) is -0.129. The fraction of sp³-hybridized carbons (Fsp3) is 0.538. The van der Waals surface area contributed by atoms with Gasteiger partial charge < -0.3 is 20.1 Å². The van der Waals surface area contributed by atoms with E-state index in [1.54, 1.807) is 6.07 Å². The Balaban J connectivity index is 2.07. The number of nitrogens with two attached hydrogens (primary N) is 1. The van der Waals surface area contributed by atoms with E-state index in [4.69, 9.17) is 10.5 Å². The van der Waals surface area contributed by atoms with Gasteiger partial charge in [-0.1, -0.05) is 0 Å². The number of carbonyl (C=O) groups excluding carboxylic acids is 1. The monoisotopic (exact) mass is 265 g/mol. The van der Waals surface area contributed by atoms with E-state index in [1.807, 2.05) is 0 Å². The number of methoxy groups -OCH3 is 1. The Morgan fingerprint density at radius 1 is 1.42 bits per heavy atom. The number of piperidine rings is 1. The number of ether oxygens (including phenoxy) is 2. The maximum atomic E-state index is 11.5. The third-order valence-corrected chi connectivity index (χ3v) is 3.17. The molecule has 0 amide bonds. The average molecular weight is 265 g/mol. The van der Waals surface area contributed by atoms with Gasteiger partial charge in [0.2, 0.25) is 5.88 Å². The molecule has 0 aliphatic carbocycles. The average Bonchev–Trinajstić information content (AvgIpc) is 2.40. The van der Waals surface area contributed by atoms with Gasteiger partial charge in [0.25, 0.3) is 0 Å². The number of nitrogen functional groups attached to an aromatic ring is 1. The number of rotatable bonds is 3. The van der Waals surface area contributed by atoms with Gasteiger partial charge in [-0.2, -0.15) is 0 Å². The molecular formula is C13H19N3O3. The Bertz CT molecular complexity index is 456. The molecule has 19 heavy (non-hydrogen) atoms. The number of pyridine rings is 1. The third kappa shape index (κ3) is 3.57.